The number of anilines is 1. The molecule has 7 heteroatoms. The molecular weight excluding hydrogens is 392 g/mol. The van der Waals surface area contributed by atoms with E-state index in [0.29, 0.717) is 12.1 Å². The Hall–Kier alpha value is -2.12. The third kappa shape index (κ3) is 3.22. The van der Waals surface area contributed by atoms with E-state index in [2.05, 4.69) is 26.2 Å². The molecule has 0 spiro atoms. The largest absolute Gasteiger partial charge is 0.419 e. The number of benzene rings is 2. The Bertz CT molecular complexity index is 936. The second kappa shape index (κ2) is 6.78. The smallest absolute Gasteiger partial charge is 0.233 e. The van der Waals surface area contributed by atoms with Gasteiger partial charge in [-0.05, 0) is 43.3 Å². The summed E-state index contributed by atoms with van der Waals surface area (Å²) in [7, 11) is -3.76. The van der Waals surface area contributed by atoms with Crippen molar-refractivity contribution < 1.29 is 12.8 Å². The highest BCUT2D eigenvalue weighted by Gasteiger charge is 2.28. The molecule has 1 heterocycles. The van der Waals surface area contributed by atoms with Gasteiger partial charge in [0.15, 0.2) is 0 Å². The summed E-state index contributed by atoms with van der Waals surface area (Å²) < 4.78 is 32.3. The zero-order valence-electron chi connectivity index (χ0n) is 12.9. The van der Waals surface area contributed by atoms with E-state index in [1.807, 2.05) is 31.2 Å². The van der Waals surface area contributed by atoms with Crippen LogP contribution < -0.4 is 5.32 Å². The summed E-state index contributed by atoms with van der Waals surface area (Å²) in [6, 6.07) is 15.5. The molecule has 0 radical (unpaired) electrons. The summed E-state index contributed by atoms with van der Waals surface area (Å²) >= 11 is 3.37. The van der Waals surface area contributed by atoms with Gasteiger partial charge in [-0.2, -0.15) is 4.98 Å². The van der Waals surface area contributed by atoms with Crippen LogP contribution in [-0.2, 0) is 9.84 Å². The van der Waals surface area contributed by atoms with Gasteiger partial charge in [-0.3, -0.25) is 0 Å². The third-order valence-electron chi connectivity index (χ3n) is 3.33. The van der Waals surface area contributed by atoms with E-state index in [-0.39, 0.29) is 21.7 Å². The fourth-order valence-electron chi connectivity index (χ4n) is 2.19. The van der Waals surface area contributed by atoms with Crippen LogP contribution in [-0.4, -0.2) is 19.9 Å². The van der Waals surface area contributed by atoms with Gasteiger partial charge in [-0.1, -0.05) is 34.1 Å². The first-order valence-corrected chi connectivity index (χ1v) is 9.60. The number of nitrogens with one attached hydrogen (secondary N) is 1. The SMILES string of the molecule is CCNc1oc(-c2ccc(Br)cc2)nc1S(=O)(=O)c1ccccc1. The summed E-state index contributed by atoms with van der Waals surface area (Å²) in [6.45, 7) is 2.38. The molecule has 0 aliphatic heterocycles. The number of nitrogens with zero attached hydrogens (tertiary/aromatic N) is 1. The summed E-state index contributed by atoms with van der Waals surface area (Å²) in [6.07, 6.45) is 0. The van der Waals surface area contributed by atoms with Crippen molar-refractivity contribution in [1.29, 1.82) is 0 Å². The van der Waals surface area contributed by atoms with Gasteiger partial charge in [-0.15, -0.1) is 0 Å². The van der Waals surface area contributed by atoms with Crippen molar-refractivity contribution in [3.8, 4) is 11.5 Å². The quantitative estimate of drug-likeness (QED) is 0.680. The molecule has 0 atom stereocenters. The van der Waals surface area contributed by atoms with Gasteiger partial charge in [0.2, 0.25) is 26.6 Å². The Morgan fingerprint density at radius 1 is 1.08 bits per heavy atom. The Balaban J connectivity index is 2.12. The Morgan fingerprint density at radius 2 is 1.75 bits per heavy atom. The van der Waals surface area contributed by atoms with Crippen LogP contribution in [0.2, 0.25) is 0 Å². The lowest BCUT2D eigenvalue weighted by atomic mass is 10.2. The molecule has 0 fully saturated rings. The van der Waals surface area contributed by atoms with Crippen LogP contribution in [0.3, 0.4) is 0 Å². The number of oxazole rings is 1. The van der Waals surface area contributed by atoms with Crippen LogP contribution in [0.15, 0.2) is 73.4 Å². The van der Waals surface area contributed by atoms with Crippen molar-refractivity contribution in [3.05, 3.63) is 59.1 Å². The molecule has 0 bridgehead atoms. The highest BCUT2D eigenvalue weighted by Crippen LogP contribution is 2.32. The lowest BCUT2D eigenvalue weighted by Gasteiger charge is -2.03. The number of halogens is 1. The molecule has 1 N–H and O–H groups in total. The van der Waals surface area contributed by atoms with Crippen molar-refractivity contribution in [2.45, 2.75) is 16.8 Å². The fourth-order valence-corrected chi connectivity index (χ4v) is 3.75. The molecule has 0 saturated carbocycles. The molecule has 0 aliphatic rings. The molecule has 3 aromatic rings. The number of rotatable bonds is 5. The van der Waals surface area contributed by atoms with Crippen LogP contribution in [0.25, 0.3) is 11.5 Å². The minimum absolute atomic E-state index is 0.103. The molecule has 1 aromatic heterocycles. The number of sulfone groups is 1. The zero-order valence-corrected chi connectivity index (χ0v) is 15.3. The maximum Gasteiger partial charge on any atom is 0.233 e. The monoisotopic (exact) mass is 406 g/mol. The highest BCUT2D eigenvalue weighted by molar-refractivity contribution is 9.10. The van der Waals surface area contributed by atoms with Gasteiger partial charge in [0.25, 0.3) is 0 Å². The summed E-state index contributed by atoms with van der Waals surface area (Å²) in [5.41, 5.74) is 0.701. The molecule has 0 aliphatic carbocycles. The molecule has 3 rings (SSSR count). The Morgan fingerprint density at radius 3 is 2.38 bits per heavy atom. The van der Waals surface area contributed by atoms with E-state index in [1.165, 1.54) is 0 Å². The normalized spacial score (nSPS) is 11.4. The average Bonchev–Trinajstić information content (AvgIpc) is 3.01. The first kappa shape index (κ1) is 16.7. The van der Waals surface area contributed by atoms with Gasteiger partial charge in [0.05, 0.1) is 4.90 Å². The van der Waals surface area contributed by atoms with Gasteiger partial charge >= 0.3 is 0 Å². The van der Waals surface area contributed by atoms with E-state index in [1.54, 1.807) is 30.3 Å². The van der Waals surface area contributed by atoms with E-state index in [9.17, 15) is 8.42 Å². The molecule has 0 unspecified atom stereocenters. The second-order valence-electron chi connectivity index (χ2n) is 5.01. The van der Waals surface area contributed by atoms with Crippen molar-refractivity contribution in [2.75, 3.05) is 11.9 Å². The minimum Gasteiger partial charge on any atom is -0.419 e. The summed E-state index contributed by atoms with van der Waals surface area (Å²) in [5, 5.41) is 2.83. The molecule has 124 valence electrons. The van der Waals surface area contributed by atoms with E-state index < -0.39 is 9.84 Å². The van der Waals surface area contributed by atoms with Crippen LogP contribution >= 0.6 is 15.9 Å². The Labute approximate surface area is 148 Å². The summed E-state index contributed by atoms with van der Waals surface area (Å²) in [4.78, 5) is 4.42. The van der Waals surface area contributed by atoms with Gasteiger partial charge in [0.1, 0.15) is 0 Å². The minimum atomic E-state index is -3.76. The molecule has 24 heavy (non-hydrogen) atoms. The average molecular weight is 407 g/mol. The third-order valence-corrected chi connectivity index (χ3v) is 5.54. The van der Waals surface area contributed by atoms with Crippen LogP contribution in [0.1, 0.15) is 6.92 Å². The zero-order chi connectivity index (χ0) is 17.2. The topological polar surface area (TPSA) is 72.2 Å². The number of hydrogen-bond donors (Lipinski definition) is 1. The Kier molecular flexibility index (Phi) is 4.73. The first-order chi connectivity index (χ1) is 11.5. The second-order valence-corrected chi connectivity index (χ2v) is 7.79. The van der Waals surface area contributed by atoms with Crippen LogP contribution in [0.4, 0.5) is 5.88 Å². The van der Waals surface area contributed by atoms with Crippen molar-refractivity contribution in [1.82, 2.24) is 4.98 Å². The first-order valence-electron chi connectivity index (χ1n) is 7.33. The summed E-state index contributed by atoms with van der Waals surface area (Å²) in [5.74, 6) is 0.409. The molecule has 2 aromatic carbocycles. The van der Waals surface area contributed by atoms with Gasteiger partial charge in [-0.25, -0.2) is 8.42 Å². The number of hydrogen-bond acceptors (Lipinski definition) is 5. The standard InChI is InChI=1S/C17H15BrN2O3S/c1-2-19-16-17(24(21,22)14-6-4-3-5-7-14)20-15(23-16)12-8-10-13(18)11-9-12/h3-11,19H,2H2,1H3. The lowest BCUT2D eigenvalue weighted by molar-refractivity contribution is 0.578. The highest BCUT2D eigenvalue weighted by atomic mass is 79.9. The maximum absolute atomic E-state index is 12.9. The predicted octanol–water partition coefficient (Wildman–Crippen LogP) is 4.37. The van der Waals surface area contributed by atoms with Crippen LogP contribution in [0.5, 0.6) is 0 Å². The van der Waals surface area contributed by atoms with E-state index in [4.69, 9.17) is 4.42 Å². The van der Waals surface area contributed by atoms with Gasteiger partial charge < -0.3 is 9.73 Å². The van der Waals surface area contributed by atoms with E-state index in [0.717, 1.165) is 4.47 Å². The predicted molar refractivity (Wildman–Crippen MR) is 95.7 cm³/mol. The maximum atomic E-state index is 12.9. The fraction of sp³-hybridized carbons (Fsp3) is 0.118. The van der Waals surface area contributed by atoms with Crippen LogP contribution in [0, 0.1) is 0 Å². The molecule has 0 amide bonds. The number of aromatic nitrogens is 1. The molecule has 5 nitrogen and oxygen atoms in total. The van der Waals surface area contributed by atoms with Crippen molar-refractivity contribution in [2.24, 2.45) is 0 Å². The molecular formula is C17H15BrN2O3S. The molecule has 0 saturated heterocycles. The van der Waals surface area contributed by atoms with Gasteiger partial charge in [0, 0.05) is 16.6 Å². The van der Waals surface area contributed by atoms with Crippen molar-refractivity contribution in [3.63, 3.8) is 0 Å². The van der Waals surface area contributed by atoms with E-state index >= 15 is 0 Å². The van der Waals surface area contributed by atoms with Crippen molar-refractivity contribution >= 4 is 31.7 Å². The lowest BCUT2D eigenvalue weighted by Crippen LogP contribution is -2.06.